The molecule has 9 nitrogen and oxygen atoms in total. The number of carbonyl (C=O) groups excluding carboxylic acids is 1. The number of amides is 1. The van der Waals surface area contributed by atoms with Crippen molar-refractivity contribution in [3.05, 3.63) is 81.4 Å². The molecule has 0 N–H and O–H groups in total. The van der Waals surface area contributed by atoms with Gasteiger partial charge in [0.1, 0.15) is 23.6 Å². The molecule has 45 heavy (non-hydrogen) atoms. The van der Waals surface area contributed by atoms with Gasteiger partial charge < -0.3 is 18.9 Å². The topological polar surface area (TPSA) is 91.5 Å². The molecule has 2 fully saturated rings. The number of ether oxygens (including phenoxy) is 2. The average Bonchev–Trinajstić information content (AvgIpc) is 3.80. The van der Waals surface area contributed by atoms with Crippen LogP contribution in [0.3, 0.4) is 0 Å². The number of methoxy groups -OCH3 is 1. The van der Waals surface area contributed by atoms with E-state index >= 15 is 0 Å². The molecule has 2 aromatic carbocycles. The van der Waals surface area contributed by atoms with Crippen LogP contribution < -0.4 is 14.9 Å². The first-order valence-electron chi connectivity index (χ1n) is 15.6. The van der Waals surface area contributed by atoms with Crippen molar-refractivity contribution in [3.63, 3.8) is 0 Å². The number of pyridine rings is 1. The first-order valence-corrected chi connectivity index (χ1v) is 15.6. The van der Waals surface area contributed by atoms with Crippen molar-refractivity contribution in [1.29, 1.82) is 0 Å². The smallest absolute Gasteiger partial charge is 0.259 e. The van der Waals surface area contributed by atoms with E-state index in [1.165, 1.54) is 18.9 Å². The number of likely N-dealkylation sites (tertiary alicyclic amines) is 1. The maximum Gasteiger partial charge on any atom is 0.259 e. The van der Waals surface area contributed by atoms with Gasteiger partial charge in [-0.2, -0.15) is 4.39 Å². The first kappa shape index (κ1) is 30.7. The third kappa shape index (κ3) is 6.43. The van der Waals surface area contributed by atoms with E-state index in [1.54, 1.807) is 14.1 Å². The maximum atomic E-state index is 14.6. The number of aromatic nitrogens is 4. The van der Waals surface area contributed by atoms with E-state index in [2.05, 4.69) is 43.2 Å². The predicted octanol–water partition coefficient (Wildman–Crippen LogP) is 6.03. The molecule has 1 atom stereocenters. The summed E-state index contributed by atoms with van der Waals surface area (Å²) in [7, 11) is 1.24. The van der Waals surface area contributed by atoms with Gasteiger partial charge in [-0.15, -0.1) is 5.10 Å². The zero-order chi connectivity index (χ0) is 31.9. The highest BCUT2D eigenvalue weighted by Gasteiger charge is 2.32. The molecule has 1 aliphatic carbocycles. The molecule has 2 aliphatic rings. The minimum atomic E-state index is -1.19. The van der Waals surface area contributed by atoms with E-state index in [0.717, 1.165) is 43.9 Å². The Kier molecular flexibility index (Phi) is 8.37. The van der Waals surface area contributed by atoms with Crippen molar-refractivity contribution < 1.29 is 23.0 Å². The molecule has 6 rings (SSSR count). The standard InChI is InChI=1S/C34H39F2N5O4/c1-34(2,3)22-8-12-25(13-9-22)45-20-23-18-40(38-37-23)17-21-7-5-6-14-39(16-21)33(43)27-19-41(24-10-11-24)30-26(31(27)42)15-28(35)29(36)32(30)44-4/h8-9,12-13,15,18-19,21,24H,5-7,10-11,14,16-17,20H2,1-4H3. The van der Waals surface area contributed by atoms with Gasteiger partial charge >= 0.3 is 0 Å². The Hall–Kier alpha value is -4.28. The summed E-state index contributed by atoms with van der Waals surface area (Å²) in [6.07, 6.45) is 7.60. The molecule has 0 spiro atoms. The lowest BCUT2D eigenvalue weighted by Crippen LogP contribution is -2.38. The highest BCUT2D eigenvalue weighted by Crippen LogP contribution is 2.40. The molecule has 0 radical (unpaired) electrons. The number of carbonyl (C=O) groups is 1. The molecule has 11 heteroatoms. The van der Waals surface area contributed by atoms with Gasteiger partial charge in [-0.1, -0.05) is 44.5 Å². The van der Waals surface area contributed by atoms with Crippen molar-refractivity contribution >= 4 is 16.8 Å². The van der Waals surface area contributed by atoms with Crippen LogP contribution in [0, 0.1) is 17.6 Å². The Morgan fingerprint density at radius 1 is 1.07 bits per heavy atom. The fourth-order valence-corrected chi connectivity index (χ4v) is 6.11. The Balaban J connectivity index is 1.17. The molecule has 1 unspecified atom stereocenters. The van der Waals surface area contributed by atoms with Crippen LogP contribution in [0.15, 0.2) is 47.5 Å². The van der Waals surface area contributed by atoms with Gasteiger partial charge in [-0.05, 0) is 60.8 Å². The summed E-state index contributed by atoms with van der Waals surface area (Å²) in [5.74, 6) is -2.21. The van der Waals surface area contributed by atoms with E-state index in [0.29, 0.717) is 25.3 Å². The summed E-state index contributed by atoms with van der Waals surface area (Å²) in [5, 5.41) is 8.51. The molecular weight excluding hydrogens is 580 g/mol. The number of benzene rings is 2. The second-order valence-electron chi connectivity index (χ2n) is 13.2. The summed E-state index contributed by atoms with van der Waals surface area (Å²) in [5.41, 5.74) is 1.52. The minimum Gasteiger partial charge on any atom is -0.491 e. The zero-order valence-corrected chi connectivity index (χ0v) is 26.2. The van der Waals surface area contributed by atoms with E-state index in [4.69, 9.17) is 9.47 Å². The zero-order valence-electron chi connectivity index (χ0n) is 26.2. The molecule has 2 aromatic heterocycles. The first-order chi connectivity index (χ1) is 21.5. The van der Waals surface area contributed by atoms with Crippen LogP contribution in [-0.2, 0) is 18.6 Å². The molecule has 0 bridgehead atoms. The van der Waals surface area contributed by atoms with Crippen molar-refractivity contribution in [3.8, 4) is 11.5 Å². The van der Waals surface area contributed by atoms with Crippen LogP contribution in [0.4, 0.5) is 8.78 Å². The summed E-state index contributed by atoms with van der Waals surface area (Å²) < 4.78 is 43.7. The lowest BCUT2D eigenvalue weighted by atomic mass is 9.87. The van der Waals surface area contributed by atoms with Gasteiger partial charge in [-0.25, -0.2) is 4.39 Å². The van der Waals surface area contributed by atoms with Crippen LogP contribution >= 0.6 is 0 Å². The monoisotopic (exact) mass is 619 g/mol. The SMILES string of the molecule is COc1c(F)c(F)cc2c(=O)c(C(=O)N3CCCCC(Cn4cc(COc5ccc(C(C)(C)C)cc5)nn4)C3)cn(C3CC3)c12. The fourth-order valence-electron chi connectivity index (χ4n) is 6.11. The van der Waals surface area contributed by atoms with Gasteiger partial charge in [0.25, 0.3) is 5.91 Å². The second kappa shape index (κ2) is 12.3. The number of hydrogen-bond donors (Lipinski definition) is 0. The average molecular weight is 620 g/mol. The number of hydrogen-bond acceptors (Lipinski definition) is 6. The fraction of sp³-hybridized carbons (Fsp3) is 0.471. The number of rotatable bonds is 8. The van der Waals surface area contributed by atoms with Crippen LogP contribution in [-0.4, -0.2) is 50.6 Å². The predicted molar refractivity (Wildman–Crippen MR) is 166 cm³/mol. The third-order valence-corrected chi connectivity index (χ3v) is 8.74. The minimum absolute atomic E-state index is 0.0105. The Bertz CT molecular complexity index is 1770. The van der Waals surface area contributed by atoms with Crippen molar-refractivity contribution in [2.45, 2.75) is 77.5 Å². The van der Waals surface area contributed by atoms with Gasteiger partial charge in [-0.3, -0.25) is 14.3 Å². The Morgan fingerprint density at radius 2 is 1.82 bits per heavy atom. The van der Waals surface area contributed by atoms with Gasteiger partial charge in [0.2, 0.25) is 11.2 Å². The molecule has 238 valence electrons. The van der Waals surface area contributed by atoms with Gasteiger partial charge in [0.05, 0.1) is 24.2 Å². The molecule has 1 saturated carbocycles. The van der Waals surface area contributed by atoms with Crippen LogP contribution in [0.5, 0.6) is 11.5 Å². The van der Waals surface area contributed by atoms with E-state index in [-0.39, 0.29) is 46.2 Å². The van der Waals surface area contributed by atoms with Crippen molar-refractivity contribution in [2.75, 3.05) is 20.2 Å². The molecule has 1 aliphatic heterocycles. The Morgan fingerprint density at radius 3 is 2.51 bits per heavy atom. The number of fused-ring (bicyclic) bond motifs is 1. The van der Waals surface area contributed by atoms with Gasteiger partial charge in [0, 0.05) is 31.9 Å². The number of halogens is 2. The second-order valence-corrected chi connectivity index (χ2v) is 13.2. The Labute approximate surface area is 260 Å². The summed E-state index contributed by atoms with van der Waals surface area (Å²) in [4.78, 5) is 29.2. The lowest BCUT2D eigenvalue weighted by Gasteiger charge is -2.25. The van der Waals surface area contributed by atoms with Crippen LogP contribution in [0.2, 0.25) is 0 Å². The van der Waals surface area contributed by atoms with Gasteiger partial charge in [0.15, 0.2) is 11.6 Å². The van der Waals surface area contributed by atoms with Crippen LogP contribution in [0.1, 0.15) is 80.5 Å². The molecule has 1 saturated heterocycles. The molecule has 1 amide bonds. The normalized spacial score (nSPS) is 17.4. The maximum absolute atomic E-state index is 14.6. The molecule has 4 aromatic rings. The van der Waals surface area contributed by atoms with Crippen LogP contribution in [0.25, 0.3) is 10.9 Å². The van der Waals surface area contributed by atoms with Crippen molar-refractivity contribution in [2.24, 2.45) is 5.92 Å². The quantitative estimate of drug-likeness (QED) is 0.239. The van der Waals surface area contributed by atoms with E-state index in [9.17, 15) is 18.4 Å². The number of nitrogens with zero attached hydrogens (tertiary/aromatic N) is 5. The highest BCUT2D eigenvalue weighted by atomic mass is 19.2. The summed E-state index contributed by atoms with van der Waals surface area (Å²) in [6.45, 7) is 8.29. The third-order valence-electron chi connectivity index (χ3n) is 8.74. The van der Waals surface area contributed by atoms with E-state index < -0.39 is 23.0 Å². The largest absolute Gasteiger partial charge is 0.491 e. The summed E-state index contributed by atoms with van der Waals surface area (Å²) >= 11 is 0. The summed E-state index contributed by atoms with van der Waals surface area (Å²) in [6, 6.07) is 8.93. The van der Waals surface area contributed by atoms with E-state index in [1.807, 2.05) is 18.3 Å². The highest BCUT2D eigenvalue weighted by molar-refractivity contribution is 5.98. The van der Waals surface area contributed by atoms with Crippen molar-refractivity contribution in [1.82, 2.24) is 24.5 Å². The lowest BCUT2D eigenvalue weighted by molar-refractivity contribution is 0.0733. The molecular formula is C34H39F2N5O4. The molecule has 3 heterocycles.